The normalized spacial score (nSPS) is 13.4. The molecule has 0 unspecified atom stereocenters. The van der Waals surface area contributed by atoms with Crippen molar-refractivity contribution in [3.63, 3.8) is 0 Å². The third-order valence-corrected chi connectivity index (χ3v) is 7.20. The van der Waals surface area contributed by atoms with E-state index in [2.05, 4.69) is 85.6 Å². The van der Waals surface area contributed by atoms with E-state index in [0.717, 1.165) is 52.6 Å². The summed E-state index contributed by atoms with van der Waals surface area (Å²) in [7, 11) is 0. The number of carbonyl (C=O) groups is 1. The Hall–Kier alpha value is -4.19. The maximum atomic E-state index is 13.1. The smallest absolute Gasteiger partial charge is 0.321 e. The zero-order valence-corrected chi connectivity index (χ0v) is 22.4. The molecule has 1 saturated heterocycles. The van der Waals surface area contributed by atoms with Crippen LogP contribution in [0.15, 0.2) is 78.9 Å². The van der Waals surface area contributed by atoms with Crippen LogP contribution in [0.4, 0.5) is 16.3 Å². The van der Waals surface area contributed by atoms with E-state index in [9.17, 15) is 4.79 Å². The number of urea groups is 1. The monoisotopic (exact) mass is 505 g/mol. The standard InChI is InChI=1S/C32H35N5O/c1-4-26-14-8-9-16-29(26)34-32(38)37-19-17-36(18-20-37)31-28(22-25-12-6-5-7-13-25)24(3)33-30(35-31)27-15-10-11-23(2)21-27/h5-16,21H,4,17-20,22H2,1-3H3,(H,34,38). The number of nitrogens with zero attached hydrogens (tertiary/aromatic N) is 4. The Bertz CT molecular complexity index is 1410. The summed E-state index contributed by atoms with van der Waals surface area (Å²) in [5.74, 6) is 1.71. The summed E-state index contributed by atoms with van der Waals surface area (Å²) >= 11 is 0. The molecule has 0 aliphatic carbocycles. The van der Waals surface area contributed by atoms with E-state index in [1.807, 2.05) is 29.2 Å². The summed E-state index contributed by atoms with van der Waals surface area (Å²) in [5, 5.41) is 3.12. The molecule has 6 heteroatoms. The molecule has 194 valence electrons. The van der Waals surface area contributed by atoms with E-state index in [4.69, 9.17) is 9.97 Å². The van der Waals surface area contributed by atoms with E-state index in [1.54, 1.807) is 0 Å². The number of aromatic nitrogens is 2. The van der Waals surface area contributed by atoms with Crippen molar-refractivity contribution in [2.45, 2.75) is 33.6 Å². The summed E-state index contributed by atoms with van der Waals surface area (Å²) < 4.78 is 0. The molecule has 6 nitrogen and oxygen atoms in total. The molecular weight excluding hydrogens is 470 g/mol. The van der Waals surface area contributed by atoms with Gasteiger partial charge in [-0.2, -0.15) is 0 Å². The van der Waals surface area contributed by atoms with Gasteiger partial charge in [0.05, 0.1) is 0 Å². The molecular formula is C32H35N5O. The Morgan fingerprint density at radius 3 is 2.34 bits per heavy atom. The van der Waals surface area contributed by atoms with Gasteiger partial charge in [0, 0.05) is 55.1 Å². The van der Waals surface area contributed by atoms with Gasteiger partial charge >= 0.3 is 6.03 Å². The molecule has 0 atom stereocenters. The molecule has 1 fully saturated rings. The van der Waals surface area contributed by atoms with Crippen molar-refractivity contribution in [2.24, 2.45) is 0 Å². The van der Waals surface area contributed by atoms with Crippen molar-refractivity contribution in [1.29, 1.82) is 0 Å². The molecule has 2 amide bonds. The highest BCUT2D eigenvalue weighted by Gasteiger charge is 2.26. The number of hydrogen-bond donors (Lipinski definition) is 1. The fourth-order valence-electron chi connectivity index (χ4n) is 5.03. The summed E-state index contributed by atoms with van der Waals surface area (Å²) in [6.45, 7) is 8.97. The second kappa shape index (κ2) is 11.5. The molecule has 1 aromatic heterocycles. The van der Waals surface area contributed by atoms with Gasteiger partial charge in [-0.05, 0) is 43.5 Å². The van der Waals surface area contributed by atoms with Crippen LogP contribution in [0.1, 0.15) is 34.9 Å². The highest BCUT2D eigenvalue weighted by atomic mass is 16.2. The first-order valence-corrected chi connectivity index (χ1v) is 13.4. The molecule has 0 saturated carbocycles. The minimum absolute atomic E-state index is 0.0469. The number of rotatable bonds is 6. The van der Waals surface area contributed by atoms with Crippen LogP contribution in [0.3, 0.4) is 0 Å². The Labute approximate surface area is 225 Å². The van der Waals surface area contributed by atoms with Crippen molar-refractivity contribution in [1.82, 2.24) is 14.9 Å². The molecule has 38 heavy (non-hydrogen) atoms. The summed E-state index contributed by atoms with van der Waals surface area (Å²) in [4.78, 5) is 27.3. The Morgan fingerprint density at radius 1 is 0.868 bits per heavy atom. The van der Waals surface area contributed by atoms with Crippen LogP contribution in [0.2, 0.25) is 0 Å². The summed E-state index contributed by atoms with van der Waals surface area (Å²) in [6.07, 6.45) is 1.65. The van der Waals surface area contributed by atoms with E-state index in [-0.39, 0.29) is 6.03 Å². The number of carbonyl (C=O) groups excluding carboxylic acids is 1. The van der Waals surface area contributed by atoms with Crippen molar-refractivity contribution < 1.29 is 4.79 Å². The van der Waals surface area contributed by atoms with E-state index in [1.165, 1.54) is 11.1 Å². The number of hydrogen-bond acceptors (Lipinski definition) is 4. The second-order valence-corrected chi connectivity index (χ2v) is 9.88. The van der Waals surface area contributed by atoms with E-state index >= 15 is 0 Å². The number of aryl methyl sites for hydroxylation is 3. The van der Waals surface area contributed by atoms with Gasteiger partial charge < -0.3 is 15.1 Å². The zero-order valence-electron chi connectivity index (χ0n) is 22.4. The van der Waals surface area contributed by atoms with Gasteiger partial charge in [-0.3, -0.25) is 0 Å². The van der Waals surface area contributed by atoms with Crippen LogP contribution in [0, 0.1) is 13.8 Å². The van der Waals surface area contributed by atoms with Gasteiger partial charge in [-0.15, -0.1) is 0 Å². The second-order valence-electron chi connectivity index (χ2n) is 9.88. The maximum absolute atomic E-state index is 13.1. The van der Waals surface area contributed by atoms with Crippen molar-refractivity contribution in [3.8, 4) is 11.4 Å². The number of nitrogens with one attached hydrogen (secondary N) is 1. The first-order chi connectivity index (χ1) is 18.5. The fraction of sp³-hybridized carbons (Fsp3) is 0.281. The van der Waals surface area contributed by atoms with Gasteiger partial charge in [0.2, 0.25) is 0 Å². The average Bonchev–Trinajstić information content (AvgIpc) is 2.95. The Kier molecular flexibility index (Phi) is 7.68. The number of benzene rings is 3. The SMILES string of the molecule is CCc1ccccc1NC(=O)N1CCN(c2nc(-c3cccc(C)c3)nc(C)c2Cc2ccccc2)CC1. The molecule has 0 bridgehead atoms. The topological polar surface area (TPSA) is 61.4 Å². The Balaban J connectivity index is 1.39. The molecule has 4 aromatic rings. The number of anilines is 2. The van der Waals surface area contributed by atoms with Crippen LogP contribution in [0.5, 0.6) is 0 Å². The predicted molar refractivity (Wildman–Crippen MR) is 155 cm³/mol. The minimum atomic E-state index is -0.0469. The first kappa shape index (κ1) is 25.5. The minimum Gasteiger partial charge on any atom is -0.353 e. The van der Waals surface area contributed by atoms with Crippen LogP contribution < -0.4 is 10.2 Å². The van der Waals surface area contributed by atoms with Crippen LogP contribution in [0.25, 0.3) is 11.4 Å². The van der Waals surface area contributed by atoms with Crippen LogP contribution in [-0.4, -0.2) is 47.1 Å². The third-order valence-electron chi connectivity index (χ3n) is 7.20. The van der Waals surface area contributed by atoms with Gasteiger partial charge in [0.25, 0.3) is 0 Å². The lowest BCUT2D eigenvalue weighted by Gasteiger charge is -2.36. The van der Waals surface area contributed by atoms with Crippen molar-refractivity contribution >= 4 is 17.5 Å². The molecule has 2 heterocycles. The fourth-order valence-corrected chi connectivity index (χ4v) is 5.03. The van der Waals surface area contributed by atoms with Gasteiger partial charge in [0.1, 0.15) is 5.82 Å². The largest absolute Gasteiger partial charge is 0.353 e. The lowest BCUT2D eigenvalue weighted by molar-refractivity contribution is 0.208. The first-order valence-electron chi connectivity index (χ1n) is 13.4. The molecule has 1 aliphatic heterocycles. The molecule has 1 aliphatic rings. The zero-order chi connectivity index (χ0) is 26.5. The van der Waals surface area contributed by atoms with Crippen molar-refractivity contribution in [3.05, 3.63) is 107 Å². The number of piperazine rings is 1. The number of amides is 2. The third kappa shape index (κ3) is 5.70. The maximum Gasteiger partial charge on any atom is 0.321 e. The predicted octanol–water partition coefficient (Wildman–Crippen LogP) is 6.27. The molecule has 0 spiro atoms. The molecule has 1 N–H and O–H groups in total. The van der Waals surface area contributed by atoms with Gasteiger partial charge in [-0.1, -0.05) is 79.2 Å². The van der Waals surface area contributed by atoms with Crippen LogP contribution in [-0.2, 0) is 12.8 Å². The lowest BCUT2D eigenvalue weighted by Crippen LogP contribution is -2.50. The lowest BCUT2D eigenvalue weighted by atomic mass is 10.0. The average molecular weight is 506 g/mol. The highest BCUT2D eigenvalue weighted by molar-refractivity contribution is 5.90. The van der Waals surface area contributed by atoms with E-state index in [0.29, 0.717) is 26.2 Å². The molecule has 0 radical (unpaired) electrons. The Morgan fingerprint density at radius 2 is 1.61 bits per heavy atom. The molecule has 3 aromatic carbocycles. The van der Waals surface area contributed by atoms with Crippen molar-refractivity contribution in [2.75, 3.05) is 36.4 Å². The highest BCUT2D eigenvalue weighted by Crippen LogP contribution is 2.29. The molecule has 5 rings (SSSR count). The van der Waals surface area contributed by atoms with E-state index < -0.39 is 0 Å². The quantitative estimate of drug-likeness (QED) is 0.336. The summed E-state index contributed by atoms with van der Waals surface area (Å²) in [6, 6.07) is 26.8. The number of para-hydroxylation sites is 1. The van der Waals surface area contributed by atoms with Gasteiger partial charge in [-0.25, -0.2) is 14.8 Å². The van der Waals surface area contributed by atoms with Crippen LogP contribution >= 0.6 is 0 Å². The van der Waals surface area contributed by atoms with Gasteiger partial charge in [0.15, 0.2) is 5.82 Å². The summed E-state index contributed by atoms with van der Waals surface area (Å²) in [5.41, 5.74) is 7.61.